The Balaban J connectivity index is 2.14. The maximum Gasteiger partial charge on any atom is 0.334 e. The molecule has 0 bridgehead atoms. The topological polar surface area (TPSA) is 70.1 Å². The average molecular weight is 312 g/mol. The molecule has 0 atom stereocenters. The largest absolute Gasteiger partial charge is 0.351 e. The molecular formula is C17H16N2O4. The zero-order chi connectivity index (χ0) is 16.4. The second-order valence-electron chi connectivity index (χ2n) is 4.98. The van der Waals surface area contributed by atoms with Crippen LogP contribution in [0.1, 0.15) is 6.92 Å². The van der Waals surface area contributed by atoms with E-state index in [-0.39, 0.29) is 6.61 Å². The van der Waals surface area contributed by atoms with E-state index in [1.165, 1.54) is 0 Å². The smallest absolute Gasteiger partial charge is 0.334 e. The van der Waals surface area contributed by atoms with Crippen molar-refractivity contribution in [3.63, 3.8) is 0 Å². The minimum Gasteiger partial charge on any atom is -0.351 e. The fourth-order valence-electron chi connectivity index (χ4n) is 2.50. The lowest BCUT2D eigenvalue weighted by atomic mass is 10.2. The van der Waals surface area contributed by atoms with Gasteiger partial charge >= 0.3 is 17.6 Å². The lowest BCUT2D eigenvalue weighted by Gasteiger charge is -2.26. The quantitative estimate of drug-likeness (QED) is 0.689. The van der Waals surface area contributed by atoms with Crippen LogP contribution in [0.15, 0.2) is 60.7 Å². The third-order valence-corrected chi connectivity index (χ3v) is 3.52. The first kappa shape index (κ1) is 15.2. The van der Waals surface area contributed by atoms with Gasteiger partial charge in [0.1, 0.15) is 0 Å². The van der Waals surface area contributed by atoms with Gasteiger partial charge in [0, 0.05) is 6.61 Å². The molecule has 2 aromatic rings. The van der Waals surface area contributed by atoms with Crippen molar-refractivity contribution in [3.05, 3.63) is 60.7 Å². The number of hydrazine groups is 1. The summed E-state index contributed by atoms with van der Waals surface area (Å²) in [6.45, 7) is 1.63. The fraction of sp³-hybridized carbons (Fsp3) is 0.176. The monoisotopic (exact) mass is 312 g/mol. The average Bonchev–Trinajstić information content (AvgIpc) is 2.78. The lowest BCUT2D eigenvalue weighted by molar-refractivity contribution is -0.197. The highest BCUT2D eigenvalue weighted by atomic mass is 16.6. The highest BCUT2D eigenvalue weighted by molar-refractivity contribution is 6.27. The van der Waals surface area contributed by atoms with Gasteiger partial charge in [-0.05, 0) is 31.2 Å². The molecule has 3 rings (SSSR count). The van der Waals surface area contributed by atoms with Crippen molar-refractivity contribution in [2.75, 3.05) is 16.6 Å². The van der Waals surface area contributed by atoms with Gasteiger partial charge in [-0.25, -0.2) is 10.0 Å². The predicted molar refractivity (Wildman–Crippen MR) is 84.4 cm³/mol. The van der Waals surface area contributed by atoms with E-state index in [2.05, 4.69) is 0 Å². The Morgan fingerprint density at radius 3 is 1.61 bits per heavy atom. The molecule has 118 valence electrons. The van der Waals surface area contributed by atoms with Crippen molar-refractivity contribution >= 4 is 23.2 Å². The molecule has 1 aliphatic rings. The number of hydrogen-bond donors (Lipinski definition) is 1. The molecular weight excluding hydrogens is 296 g/mol. The normalized spacial score (nSPS) is 17.0. The number of aliphatic hydroxyl groups is 1. The molecule has 0 aliphatic carbocycles. The van der Waals surface area contributed by atoms with Crippen LogP contribution >= 0.6 is 0 Å². The summed E-state index contributed by atoms with van der Waals surface area (Å²) >= 11 is 0. The SMILES string of the molecule is CCOC1(O)C(=O)N(c2ccccc2)N(c2ccccc2)C1=O. The van der Waals surface area contributed by atoms with Crippen LogP contribution in [0.4, 0.5) is 11.4 Å². The van der Waals surface area contributed by atoms with Gasteiger partial charge in [0.15, 0.2) is 0 Å². The Morgan fingerprint density at radius 2 is 1.26 bits per heavy atom. The molecule has 1 aliphatic heterocycles. The number of hydrogen-bond acceptors (Lipinski definition) is 4. The molecule has 0 aromatic heterocycles. The predicted octanol–water partition coefficient (Wildman–Crippen LogP) is 1.71. The summed E-state index contributed by atoms with van der Waals surface area (Å²) in [5.74, 6) is -4.18. The number of ether oxygens (including phenoxy) is 1. The van der Waals surface area contributed by atoms with E-state index >= 15 is 0 Å². The Kier molecular flexibility index (Phi) is 3.85. The van der Waals surface area contributed by atoms with E-state index < -0.39 is 17.6 Å². The minimum absolute atomic E-state index is 0.0270. The molecule has 1 heterocycles. The number of carbonyl (C=O) groups excluding carboxylic acids is 2. The molecule has 2 aromatic carbocycles. The molecule has 0 saturated carbocycles. The van der Waals surface area contributed by atoms with Crippen molar-refractivity contribution in [2.45, 2.75) is 12.7 Å². The third-order valence-electron chi connectivity index (χ3n) is 3.52. The molecule has 0 spiro atoms. The second-order valence-corrected chi connectivity index (χ2v) is 4.98. The van der Waals surface area contributed by atoms with Crippen molar-refractivity contribution in [1.82, 2.24) is 0 Å². The van der Waals surface area contributed by atoms with Crippen molar-refractivity contribution in [1.29, 1.82) is 0 Å². The number of rotatable bonds is 4. The van der Waals surface area contributed by atoms with E-state index in [1.54, 1.807) is 67.6 Å². The van der Waals surface area contributed by atoms with Crippen LogP contribution in [0.2, 0.25) is 0 Å². The van der Waals surface area contributed by atoms with Crippen LogP contribution in [0.25, 0.3) is 0 Å². The fourth-order valence-corrected chi connectivity index (χ4v) is 2.50. The highest BCUT2D eigenvalue weighted by Gasteiger charge is 2.60. The number of amides is 2. The van der Waals surface area contributed by atoms with E-state index in [0.717, 1.165) is 10.0 Å². The summed E-state index contributed by atoms with van der Waals surface area (Å²) in [7, 11) is 0. The summed E-state index contributed by atoms with van der Waals surface area (Å²) in [5, 5.41) is 12.8. The van der Waals surface area contributed by atoms with Crippen LogP contribution < -0.4 is 10.0 Å². The first-order chi connectivity index (χ1) is 11.1. The van der Waals surface area contributed by atoms with Crippen LogP contribution in [0, 0.1) is 0 Å². The number of benzene rings is 2. The maximum atomic E-state index is 12.7. The zero-order valence-electron chi connectivity index (χ0n) is 12.5. The van der Waals surface area contributed by atoms with Gasteiger partial charge < -0.3 is 9.84 Å². The van der Waals surface area contributed by atoms with Crippen LogP contribution in [0.5, 0.6) is 0 Å². The standard InChI is InChI=1S/C17H16N2O4/c1-2-23-17(22)15(20)18(13-9-5-3-6-10-13)19(16(17)21)14-11-7-4-8-12-14/h3-12,22H,2H2,1H3. The number of para-hydroxylation sites is 2. The zero-order valence-corrected chi connectivity index (χ0v) is 12.5. The Labute approximate surface area is 133 Å². The minimum atomic E-state index is -2.51. The molecule has 1 fully saturated rings. The number of carbonyl (C=O) groups is 2. The molecule has 0 unspecified atom stereocenters. The summed E-state index contributed by atoms with van der Waals surface area (Å²) in [6.07, 6.45) is 0. The van der Waals surface area contributed by atoms with Gasteiger partial charge in [-0.3, -0.25) is 9.59 Å². The van der Waals surface area contributed by atoms with Gasteiger partial charge in [0.25, 0.3) is 0 Å². The summed E-state index contributed by atoms with van der Waals surface area (Å²) < 4.78 is 5.09. The lowest BCUT2D eigenvalue weighted by Crippen LogP contribution is -2.46. The summed E-state index contributed by atoms with van der Waals surface area (Å²) in [6, 6.07) is 17.3. The second kappa shape index (κ2) is 5.83. The van der Waals surface area contributed by atoms with Crippen LogP contribution in [0.3, 0.4) is 0 Å². The van der Waals surface area contributed by atoms with Gasteiger partial charge in [0.2, 0.25) is 0 Å². The molecule has 23 heavy (non-hydrogen) atoms. The van der Waals surface area contributed by atoms with Crippen molar-refractivity contribution < 1.29 is 19.4 Å². The molecule has 1 saturated heterocycles. The molecule has 6 heteroatoms. The van der Waals surface area contributed by atoms with E-state index in [1.807, 2.05) is 0 Å². The van der Waals surface area contributed by atoms with E-state index in [4.69, 9.17) is 4.74 Å². The Bertz CT molecular complexity index is 660. The van der Waals surface area contributed by atoms with Gasteiger partial charge in [-0.1, -0.05) is 36.4 Å². The highest BCUT2D eigenvalue weighted by Crippen LogP contribution is 2.34. The van der Waals surface area contributed by atoms with Gasteiger partial charge in [-0.2, -0.15) is 0 Å². The van der Waals surface area contributed by atoms with E-state index in [9.17, 15) is 14.7 Å². The Morgan fingerprint density at radius 1 is 0.870 bits per heavy atom. The Hall–Kier alpha value is -2.70. The van der Waals surface area contributed by atoms with Gasteiger partial charge in [0.05, 0.1) is 11.4 Å². The molecule has 1 N–H and O–H groups in total. The number of nitrogens with zero attached hydrogens (tertiary/aromatic N) is 2. The third kappa shape index (κ3) is 2.38. The van der Waals surface area contributed by atoms with Crippen LogP contribution in [-0.4, -0.2) is 29.3 Å². The molecule has 2 amide bonds. The van der Waals surface area contributed by atoms with Crippen molar-refractivity contribution in [3.8, 4) is 0 Å². The maximum absolute atomic E-state index is 12.7. The molecule has 0 radical (unpaired) electrons. The summed E-state index contributed by atoms with van der Waals surface area (Å²) in [4.78, 5) is 25.4. The van der Waals surface area contributed by atoms with E-state index in [0.29, 0.717) is 11.4 Å². The summed E-state index contributed by atoms with van der Waals surface area (Å²) in [5.41, 5.74) is 0.927. The van der Waals surface area contributed by atoms with Gasteiger partial charge in [-0.15, -0.1) is 0 Å². The molecule has 6 nitrogen and oxygen atoms in total. The first-order valence-corrected chi connectivity index (χ1v) is 7.25. The van der Waals surface area contributed by atoms with Crippen molar-refractivity contribution in [2.24, 2.45) is 0 Å². The van der Waals surface area contributed by atoms with Crippen LogP contribution in [-0.2, 0) is 14.3 Å². The number of anilines is 2. The first-order valence-electron chi connectivity index (χ1n) is 7.25.